The summed E-state index contributed by atoms with van der Waals surface area (Å²) in [7, 11) is 0. The number of aliphatic hydroxyl groups is 1. The van der Waals surface area contributed by atoms with E-state index in [0.29, 0.717) is 0 Å². The summed E-state index contributed by atoms with van der Waals surface area (Å²) >= 11 is 0. The fourth-order valence-electron chi connectivity index (χ4n) is 0.907. The number of rotatable bonds is 6. The van der Waals surface area contributed by atoms with Gasteiger partial charge in [0, 0.05) is 0 Å². The maximum atomic E-state index is 8.96. The van der Waals surface area contributed by atoms with Gasteiger partial charge >= 0.3 is 0 Å². The first-order valence-electron chi connectivity index (χ1n) is 4.46. The molecule has 0 aromatic carbocycles. The fourth-order valence-corrected chi connectivity index (χ4v) is 0.907. The van der Waals surface area contributed by atoms with Crippen LogP contribution in [0.4, 0.5) is 0 Å². The highest BCUT2D eigenvalue weighted by Gasteiger charge is 2.05. The summed E-state index contributed by atoms with van der Waals surface area (Å²) in [6.45, 7) is 4.33. The summed E-state index contributed by atoms with van der Waals surface area (Å²) in [5, 5.41) is 23.2. The lowest BCUT2D eigenvalue weighted by atomic mass is 10.2. The van der Waals surface area contributed by atoms with Crippen molar-refractivity contribution < 1.29 is 10.3 Å². The Labute approximate surface area is 78.6 Å². The minimum atomic E-state index is -0.263. The smallest absolute Gasteiger partial charge is 0.156 e. The lowest BCUT2D eigenvalue weighted by molar-refractivity contribution is 0.181. The lowest BCUT2D eigenvalue weighted by Gasteiger charge is -2.12. The van der Waals surface area contributed by atoms with Crippen molar-refractivity contribution in [2.45, 2.75) is 38.8 Å². The van der Waals surface area contributed by atoms with Gasteiger partial charge in [0.25, 0.3) is 0 Å². The Balaban J connectivity index is 3.43. The van der Waals surface area contributed by atoms with Crippen LogP contribution >= 0.6 is 0 Å². The second-order valence-corrected chi connectivity index (χ2v) is 3.19. The Bertz CT molecular complexity index is 159. The van der Waals surface area contributed by atoms with E-state index in [2.05, 4.69) is 10.5 Å². The number of nitrogens with two attached hydrogens (primary N) is 1. The van der Waals surface area contributed by atoms with Crippen molar-refractivity contribution in [3.63, 3.8) is 0 Å². The number of oxime groups is 1. The SMILES string of the molecule is CC(O)CCCNC(C)C(N)=NO. The second-order valence-electron chi connectivity index (χ2n) is 3.19. The highest BCUT2D eigenvalue weighted by atomic mass is 16.4. The van der Waals surface area contributed by atoms with E-state index in [1.807, 2.05) is 6.92 Å². The molecule has 13 heavy (non-hydrogen) atoms. The van der Waals surface area contributed by atoms with E-state index in [4.69, 9.17) is 16.0 Å². The Morgan fingerprint density at radius 3 is 2.62 bits per heavy atom. The van der Waals surface area contributed by atoms with Crippen LogP contribution in [0.1, 0.15) is 26.7 Å². The third kappa shape index (κ3) is 6.36. The first-order chi connectivity index (χ1) is 6.07. The first kappa shape index (κ1) is 12.2. The third-order valence-electron chi connectivity index (χ3n) is 1.81. The minimum Gasteiger partial charge on any atom is -0.409 e. The van der Waals surface area contributed by atoms with Crippen LogP contribution < -0.4 is 11.1 Å². The Kier molecular flexibility index (Phi) is 6.26. The molecule has 2 unspecified atom stereocenters. The van der Waals surface area contributed by atoms with Gasteiger partial charge in [-0.1, -0.05) is 5.16 Å². The largest absolute Gasteiger partial charge is 0.409 e. The molecule has 0 fully saturated rings. The van der Waals surface area contributed by atoms with E-state index >= 15 is 0 Å². The van der Waals surface area contributed by atoms with Gasteiger partial charge in [0.2, 0.25) is 0 Å². The van der Waals surface area contributed by atoms with Gasteiger partial charge in [-0.3, -0.25) is 0 Å². The minimum absolute atomic E-state index is 0.126. The van der Waals surface area contributed by atoms with Crippen LogP contribution in [-0.4, -0.2) is 34.8 Å². The number of nitrogens with one attached hydrogen (secondary N) is 1. The van der Waals surface area contributed by atoms with Gasteiger partial charge in [0.15, 0.2) is 5.84 Å². The van der Waals surface area contributed by atoms with Gasteiger partial charge in [-0.05, 0) is 33.2 Å². The van der Waals surface area contributed by atoms with Crippen LogP contribution in [-0.2, 0) is 0 Å². The van der Waals surface area contributed by atoms with Gasteiger partial charge < -0.3 is 21.4 Å². The zero-order valence-corrected chi connectivity index (χ0v) is 8.20. The summed E-state index contributed by atoms with van der Waals surface area (Å²) in [5.41, 5.74) is 5.35. The normalized spacial score (nSPS) is 17.0. The van der Waals surface area contributed by atoms with Crippen molar-refractivity contribution in [2.75, 3.05) is 6.54 Å². The standard InChI is InChI=1S/C8H19N3O2/c1-6(12)4-3-5-10-7(2)8(9)11-13/h6-7,10,12-13H,3-5H2,1-2H3,(H2,9,11). The molecule has 0 aromatic rings. The molecule has 0 aliphatic heterocycles. The van der Waals surface area contributed by atoms with Gasteiger partial charge in [-0.15, -0.1) is 0 Å². The van der Waals surface area contributed by atoms with Crippen LogP contribution in [0.15, 0.2) is 5.16 Å². The van der Waals surface area contributed by atoms with Crippen LogP contribution in [0.5, 0.6) is 0 Å². The molecule has 0 aliphatic rings. The fraction of sp³-hybridized carbons (Fsp3) is 0.875. The third-order valence-corrected chi connectivity index (χ3v) is 1.81. The molecule has 0 aliphatic carbocycles. The van der Waals surface area contributed by atoms with E-state index in [1.54, 1.807) is 6.92 Å². The molecule has 0 saturated carbocycles. The molecule has 0 spiro atoms. The molecule has 5 heteroatoms. The molecule has 0 aromatic heterocycles. The summed E-state index contributed by atoms with van der Waals surface area (Å²) in [4.78, 5) is 0. The predicted molar refractivity (Wildman–Crippen MR) is 51.8 cm³/mol. The number of hydrogen-bond donors (Lipinski definition) is 4. The molecule has 2 atom stereocenters. The molecule has 0 rings (SSSR count). The van der Waals surface area contributed by atoms with Crippen molar-refractivity contribution in [2.24, 2.45) is 10.9 Å². The molecule has 5 N–H and O–H groups in total. The van der Waals surface area contributed by atoms with Crippen molar-refractivity contribution in [1.82, 2.24) is 5.32 Å². The summed E-state index contributed by atoms with van der Waals surface area (Å²) in [6.07, 6.45) is 1.37. The van der Waals surface area contributed by atoms with Crippen LogP contribution in [0.25, 0.3) is 0 Å². The summed E-state index contributed by atoms with van der Waals surface area (Å²) in [5.74, 6) is 0.178. The van der Waals surface area contributed by atoms with Gasteiger partial charge in [0.1, 0.15) is 0 Å². The van der Waals surface area contributed by atoms with Crippen molar-refractivity contribution in [3.8, 4) is 0 Å². The molecular weight excluding hydrogens is 170 g/mol. The quantitative estimate of drug-likeness (QED) is 0.154. The second kappa shape index (κ2) is 6.68. The van der Waals surface area contributed by atoms with E-state index in [-0.39, 0.29) is 18.0 Å². The Morgan fingerprint density at radius 1 is 1.54 bits per heavy atom. The van der Waals surface area contributed by atoms with Crippen LogP contribution in [0, 0.1) is 0 Å². The molecule has 0 bridgehead atoms. The van der Waals surface area contributed by atoms with Crippen molar-refractivity contribution in [3.05, 3.63) is 0 Å². The summed E-state index contributed by atoms with van der Waals surface area (Å²) in [6, 6.07) is -0.126. The average molecular weight is 189 g/mol. The van der Waals surface area contributed by atoms with E-state index in [1.165, 1.54) is 0 Å². The first-order valence-corrected chi connectivity index (χ1v) is 4.46. The van der Waals surface area contributed by atoms with E-state index in [9.17, 15) is 0 Å². The molecule has 0 radical (unpaired) electrons. The maximum absolute atomic E-state index is 8.96. The van der Waals surface area contributed by atoms with Crippen LogP contribution in [0.3, 0.4) is 0 Å². The van der Waals surface area contributed by atoms with Crippen LogP contribution in [0.2, 0.25) is 0 Å². The molecular formula is C8H19N3O2. The topological polar surface area (TPSA) is 90.9 Å². The van der Waals surface area contributed by atoms with Crippen molar-refractivity contribution >= 4 is 5.84 Å². The lowest BCUT2D eigenvalue weighted by Crippen LogP contribution is -2.39. The average Bonchev–Trinajstić information content (AvgIpc) is 2.10. The predicted octanol–water partition coefficient (Wildman–Crippen LogP) is -0.128. The van der Waals surface area contributed by atoms with Gasteiger partial charge in [0.05, 0.1) is 12.1 Å². The van der Waals surface area contributed by atoms with Crippen molar-refractivity contribution in [1.29, 1.82) is 0 Å². The number of aliphatic hydroxyl groups excluding tert-OH is 1. The molecule has 0 heterocycles. The van der Waals surface area contributed by atoms with Gasteiger partial charge in [-0.2, -0.15) is 0 Å². The number of amidine groups is 1. The highest BCUT2D eigenvalue weighted by Crippen LogP contribution is 1.94. The molecule has 0 amide bonds. The molecule has 78 valence electrons. The molecule has 0 saturated heterocycles. The maximum Gasteiger partial charge on any atom is 0.156 e. The monoisotopic (exact) mass is 189 g/mol. The summed E-state index contributed by atoms with van der Waals surface area (Å²) < 4.78 is 0. The number of nitrogens with zero attached hydrogens (tertiary/aromatic N) is 1. The zero-order chi connectivity index (χ0) is 10.3. The highest BCUT2D eigenvalue weighted by molar-refractivity contribution is 5.84. The molecule has 5 nitrogen and oxygen atoms in total. The van der Waals surface area contributed by atoms with E-state index in [0.717, 1.165) is 19.4 Å². The Morgan fingerprint density at radius 2 is 2.15 bits per heavy atom. The van der Waals surface area contributed by atoms with E-state index < -0.39 is 0 Å². The zero-order valence-electron chi connectivity index (χ0n) is 8.20. The Hall–Kier alpha value is -0.810. The number of hydrogen-bond acceptors (Lipinski definition) is 4. The van der Waals surface area contributed by atoms with Gasteiger partial charge in [-0.25, -0.2) is 0 Å².